The summed E-state index contributed by atoms with van der Waals surface area (Å²) >= 11 is 0. The lowest BCUT2D eigenvalue weighted by atomic mass is 9.77. The average molecular weight is 296 g/mol. The Morgan fingerprint density at radius 2 is 1.27 bits per heavy atom. The Labute approximate surface area is 134 Å². The molecule has 22 heavy (non-hydrogen) atoms. The van der Waals surface area contributed by atoms with Crippen LogP contribution in [0.1, 0.15) is 79.9 Å². The van der Waals surface area contributed by atoms with Gasteiger partial charge in [0, 0.05) is 0 Å². The first-order valence-corrected chi connectivity index (χ1v) is 9.52. The van der Waals surface area contributed by atoms with Crippen molar-refractivity contribution < 1.29 is 5.11 Å². The summed E-state index contributed by atoms with van der Waals surface area (Å²) < 4.78 is 0. The van der Waals surface area contributed by atoms with Gasteiger partial charge in [0.2, 0.25) is 0 Å². The molecule has 0 heterocycles. The third-order valence-electron chi connectivity index (χ3n) is 7.59. The summed E-state index contributed by atoms with van der Waals surface area (Å²) in [6, 6.07) is 4.61. The fourth-order valence-electron chi connectivity index (χ4n) is 6.65. The van der Waals surface area contributed by atoms with Crippen LogP contribution in [0.2, 0.25) is 0 Å². The van der Waals surface area contributed by atoms with Crippen molar-refractivity contribution >= 4 is 0 Å². The normalized spacial score (nSPS) is 42.4. The second-order valence-corrected chi connectivity index (χ2v) is 8.85. The van der Waals surface area contributed by atoms with Crippen LogP contribution in [0.5, 0.6) is 5.75 Å². The average Bonchev–Trinajstić information content (AvgIpc) is 3.29. The van der Waals surface area contributed by atoms with Crippen LogP contribution in [0.25, 0.3) is 0 Å². The number of hydrogen-bond acceptors (Lipinski definition) is 1. The van der Waals surface area contributed by atoms with Gasteiger partial charge in [-0.05, 0) is 92.1 Å². The Morgan fingerprint density at radius 3 is 1.64 bits per heavy atom. The van der Waals surface area contributed by atoms with E-state index < -0.39 is 0 Å². The van der Waals surface area contributed by atoms with Crippen LogP contribution in [-0.4, -0.2) is 5.11 Å². The number of rotatable bonds is 2. The summed E-state index contributed by atoms with van der Waals surface area (Å²) in [4.78, 5) is 0. The van der Waals surface area contributed by atoms with Crippen molar-refractivity contribution in [2.45, 2.75) is 70.1 Å². The van der Waals surface area contributed by atoms with E-state index in [9.17, 15) is 5.11 Å². The van der Waals surface area contributed by atoms with Gasteiger partial charge in [0.1, 0.15) is 5.75 Å². The van der Waals surface area contributed by atoms with Gasteiger partial charge in [-0.2, -0.15) is 0 Å². The van der Waals surface area contributed by atoms with E-state index in [0.29, 0.717) is 17.6 Å². The Morgan fingerprint density at radius 1 is 0.773 bits per heavy atom. The first-order valence-electron chi connectivity index (χ1n) is 9.52. The van der Waals surface area contributed by atoms with Crippen molar-refractivity contribution in [2.75, 3.05) is 0 Å². The third kappa shape index (κ3) is 1.90. The summed E-state index contributed by atoms with van der Waals surface area (Å²) in [6.45, 7) is 2.23. The molecular weight excluding hydrogens is 268 g/mol. The molecule has 4 aliphatic rings. The van der Waals surface area contributed by atoms with Crippen molar-refractivity contribution in [3.8, 4) is 5.75 Å². The molecule has 6 atom stereocenters. The van der Waals surface area contributed by atoms with Crippen LogP contribution < -0.4 is 0 Å². The maximum absolute atomic E-state index is 11.1. The van der Waals surface area contributed by atoms with E-state index in [-0.39, 0.29) is 0 Å². The lowest BCUT2D eigenvalue weighted by Crippen LogP contribution is -2.13. The predicted octanol–water partition coefficient (Wildman–Crippen LogP) is 5.51. The van der Waals surface area contributed by atoms with Gasteiger partial charge in [-0.15, -0.1) is 0 Å². The molecule has 0 amide bonds. The zero-order valence-corrected chi connectivity index (χ0v) is 13.7. The molecule has 5 rings (SSSR count). The smallest absolute Gasteiger partial charge is 0.122 e. The summed E-state index contributed by atoms with van der Waals surface area (Å²) in [5.41, 5.74) is 3.99. The van der Waals surface area contributed by atoms with Crippen molar-refractivity contribution in [3.63, 3.8) is 0 Å². The standard InChI is InChI=1S/C21H28O/c1-12-6-19(17-10-13-2-4-15(17)8-13)21(22)20(7-12)18-11-14-3-5-16(18)9-14/h6-7,13-18,22H,2-5,8-11H2,1H3/t13-,14+,15-,16-,17-,18+/m1/s1. The topological polar surface area (TPSA) is 20.2 Å². The highest BCUT2D eigenvalue weighted by atomic mass is 16.3. The molecule has 1 aromatic carbocycles. The zero-order valence-electron chi connectivity index (χ0n) is 13.7. The van der Waals surface area contributed by atoms with Gasteiger partial charge in [-0.1, -0.05) is 30.5 Å². The van der Waals surface area contributed by atoms with Crippen LogP contribution in [0.3, 0.4) is 0 Å². The molecule has 0 unspecified atom stereocenters. The Hall–Kier alpha value is -0.980. The van der Waals surface area contributed by atoms with Gasteiger partial charge in [0.15, 0.2) is 0 Å². The molecule has 4 aliphatic carbocycles. The number of hydrogen-bond donors (Lipinski definition) is 1. The van der Waals surface area contributed by atoms with Crippen molar-refractivity contribution in [2.24, 2.45) is 23.7 Å². The highest BCUT2D eigenvalue weighted by molar-refractivity contribution is 5.48. The van der Waals surface area contributed by atoms with E-state index in [0.717, 1.165) is 23.7 Å². The molecule has 4 fully saturated rings. The number of benzene rings is 1. The van der Waals surface area contributed by atoms with Gasteiger partial charge >= 0.3 is 0 Å². The van der Waals surface area contributed by atoms with Crippen molar-refractivity contribution in [1.82, 2.24) is 0 Å². The molecular formula is C21H28O. The van der Waals surface area contributed by atoms with E-state index in [2.05, 4.69) is 19.1 Å². The lowest BCUT2D eigenvalue weighted by Gasteiger charge is -2.28. The first-order chi connectivity index (χ1) is 10.7. The molecule has 118 valence electrons. The Kier molecular flexibility index (Phi) is 2.91. The van der Waals surface area contributed by atoms with E-state index in [1.54, 1.807) is 0 Å². The van der Waals surface area contributed by atoms with Gasteiger partial charge in [0.05, 0.1) is 0 Å². The minimum absolute atomic E-state index is 0.649. The molecule has 0 radical (unpaired) electrons. The van der Waals surface area contributed by atoms with Crippen LogP contribution in [-0.2, 0) is 0 Å². The molecule has 4 bridgehead atoms. The van der Waals surface area contributed by atoms with Crippen LogP contribution in [0.15, 0.2) is 12.1 Å². The van der Waals surface area contributed by atoms with Crippen molar-refractivity contribution in [1.29, 1.82) is 0 Å². The Bertz CT molecular complexity index is 555. The number of aryl methyl sites for hydroxylation is 1. The van der Waals surface area contributed by atoms with E-state index in [1.807, 2.05) is 0 Å². The number of fused-ring (bicyclic) bond motifs is 4. The second kappa shape index (κ2) is 4.76. The predicted molar refractivity (Wildman–Crippen MR) is 89.2 cm³/mol. The molecule has 0 aromatic heterocycles. The zero-order chi connectivity index (χ0) is 14.8. The molecule has 0 saturated heterocycles. The highest BCUT2D eigenvalue weighted by Crippen LogP contribution is 2.58. The van der Waals surface area contributed by atoms with E-state index in [1.165, 1.54) is 68.1 Å². The van der Waals surface area contributed by atoms with Gasteiger partial charge in [-0.3, -0.25) is 0 Å². The minimum Gasteiger partial charge on any atom is -0.507 e. The van der Waals surface area contributed by atoms with Gasteiger partial charge in [0.25, 0.3) is 0 Å². The highest BCUT2D eigenvalue weighted by Gasteiger charge is 2.44. The molecule has 1 aromatic rings. The van der Waals surface area contributed by atoms with Crippen molar-refractivity contribution in [3.05, 3.63) is 28.8 Å². The summed E-state index contributed by atoms with van der Waals surface area (Å²) in [7, 11) is 0. The third-order valence-corrected chi connectivity index (χ3v) is 7.59. The van der Waals surface area contributed by atoms with Crippen LogP contribution >= 0.6 is 0 Å². The maximum Gasteiger partial charge on any atom is 0.122 e. The number of phenolic OH excluding ortho intramolecular Hbond substituents is 1. The fourth-order valence-corrected chi connectivity index (χ4v) is 6.65. The molecule has 0 spiro atoms. The molecule has 0 aliphatic heterocycles. The quantitative estimate of drug-likeness (QED) is 0.763. The number of phenols is 1. The molecule has 1 nitrogen and oxygen atoms in total. The minimum atomic E-state index is 0.649. The van der Waals surface area contributed by atoms with E-state index in [4.69, 9.17) is 0 Å². The Balaban J connectivity index is 1.53. The largest absolute Gasteiger partial charge is 0.507 e. The SMILES string of the molecule is Cc1cc([C@H]2C[C@H]3CC[C@@H]2C3)c(O)c([C@@H]2C[C@@H]3CC[C@@H]2C3)c1. The summed E-state index contributed by atoms with van der Waals surface area (Å²) in [5, 5.41) is 11.1. The fraction of sp³-hybridized carbons (Fsp3) is 0.714. The summed E-state index contributed by atoms with van der Waals surface area (Å²) in [6.07, 6.45) is 11.2. The van der Waals surface area contributed by atoms with Gasteiger partial charge in [-0.25, -0.2) is 0 Å². The molecule has 4 saturated carbocycles. The first kappa shape index (κ1) is 13.5. The maximum atomic E-state index is 11.1. The number of aromatic hydroxyl groups is 1. The molecule has 1 N–H and O–H groups in total. The monoisotopic (exact) mass is 296 g/mol. The summed E-state index contributed by atoms with van der Waals surface area (Å²) in [5.74, 6) is 5.59. The van der Waals surface area contributed by atoms with Crippen LogP contribution in [0.4, 0.5) is 0 Å². The lowest BCUT2D eigenvalue weighted by molar-refractivity contribution is 0.376. The second-order valence-electron chi connectivity index (χ2n) is 8.85. The molecule has 1 heteroatoms. The van der Waals surface area contributed by atoms with E-state index >= 15 is 0 Å². The van der Waals surface area contributed by atoms with Gasteiger partial charge < -0.3 is 5.11 Å². The van der Waals surface area contributed by atoms with Crippen LogP contribution in [0, 0.1) is 30.6 Å².